The van der Waals surface area contributed by atoms with Gasteiger partial charge in [-0.05, 0) is 38.8 Å². The predicted molar refractivity (Wildman–Crippen MR) is 126 cm³/mol. The lowest BCUT2D eigenvalue weighted by Gasteiger charge is -2.13. The lowest BCUT2D eigenvalue weighted by atomic mass is 10.3. The van der Waals surface area contributed by atoms with E-state index in [-0.39, 0.29) is 29.7 Å². The van der Waals surface area contributed by atoms with E-state index in [1.54, 1.807) is 14.0 Å². The number of imidazole rings is 1. The number of nitrogens with one attached hydrogen (secondary N) is 3. The van der Waals surface area contributed by atoms with Crippen LogP contribution in [0.1, 0.15) is 25.6 Å². The molecule has 0 aliphatic carbocycles. The zero-order valence-electron chi connectivity index (χ0n) is 16.7. The van der Waals surface area contributed by atoms with Gasteiger partial charge in [0, 0.05) is 33.2 Å². The Kier molecular flexibility index (Phi) is 10.8. The van der Waals surface area contributed by atoms with E-state index in [1.807, 2.05) is 25.1 Å². The molecule has 8 nitrogen and oxygen atoms in total. The van der Waals surface area contributed by atoms with Gasteiger partial charge in [0.15, 0.2) is 5.96 Å². The van der Waals surface area contributed by atoms with Crippen molar-refractivity contribution >= 4 is 51.0 Å². The Morgan fingerprint density at radius 1 is 1.14 bits per heavy atom. The van der Waals surface area contributed by atoms with Crippen LogP contribution in [0.3, 0.4) is 0 Å². The van der Waals surface area contributed by atoms with E-state index in [1.165, 1.54) is 0 Å². The summed E-state index contributed by atoms with van der Waals surface area (Å²) in [5.74, 6) is 1.85. The van der Waals surface area contributed by atoms with Crippen molar-refractivity contribution in [3.63, 3.8) is 0 Å². The van der Waals surface area contributed by atoms with Gasteiger partial charge in [0.2, 0.25) is 10.0 Å². The molecule has 2 aromatic rings. The summed E-state index contributed by atoms with van der Waals surface area (Å²) in [6.07, 6.45) is 1.64. The van der Waals surface area contributed by atoms with Crippen molar-refractivity contribution in [1.82, 2.24) is 24.9 Å². The van der Waals surface area contributed by atoms with Gasteiger partial charge in [-0.25, -0.2) is 18.1 Å². The average Bonchev–Trinajstić information content (AvgIpc) is 2.98. The number of rotatable bonds is 10. The summed E-state index contributed by atoms with van der Waals surface area (Å²) < 4.78 is 27.5. The molecule has 0 radical (unpaired) electrons. The number of benzene rings is 1. The Morgan fingerprint density at radius 2 is 1.82 bits per heavy atom. The highest BCUT2D eigenvalue weighted by Gasteiger charge is 2.07. The standard InChI is InChI=1S/C18H30N6O2S.HI/c1-4-27(25,26)22-13-7-11-20-18(19-3)21-12-8-14-24-15(2)23-16-9-5-6-10-17(16)24;/h5-6,9-10,22H,4,7-8,11-14H2,1-3H3,(H2,19,20,21);1H. The molecule has 28 heavy (non-hydrogen) atoms. The van der Waals surface area contributed by atoms with Crippen LogP contribution in [0.5, 0.6) is 0 Å². The summed E-state index contributed by atoms with van der Waals surface area (Å²) in [5, 5.41) is 6.48. The Labute approximate surface area is 184 Å². The first kappa shape index (κ1) is 24.6. The molecule has 0 amide bonds. The van der Waals surface area contributed by atoms with Gasteiger partial charge in [0.1, 0.15) is 5.82 Å². The topological polar surface area (TPSA) is 100 Å². The highest BCUT2D eigenvalue weighted by Crippen LogP contribution is 2.15. The number of aromatic nitrogens is 2. The molecule has 1 aromatic heterocycles. The molecule has 158 valence electrons. The van der Waals surface area contributed by atoms with Crippen LogP contribution >= 0.6 is 24.0 Å². The smallest absolute Gasteiger partial charge is 0.211 e. The molecule has 0 spiro atoms. The molecule has 0 aliphatic heterocycles. The SMILES string of the molecule is CCS(=O)(=O)NCCCNC(=NC)NCCCn1c(C)nc2ccccc21.I. The third-order valence-corrected chi connectivity index (χ3v) is 5.67. The maximum Gasteiger partial charge on any atom is 0.211 e. The Bertz CT molecular complexity index is 866. The number of nitrogens with zero attached hydrogens (tertiary/aromatic N) is 3. The van der Waals surface area contributed by atoms with E-state index >= 15 is 0 Å². The van der Waals surface area contributed by atoms with Crippen molar-refractivity contribution in [3.05, 3.63) is 30.1 Å². The lowest BCUT2D eigenvalue weighted by molar-refractivity contribution is 0.579. The summed E-state index contributed by atoms with van der Waals surface area (Å²) in [4.78, 5) is 8.77. The third kappa shape index (κ3) is 7.55. The lowest BCUT2D eigenvalue weighted by Crippen LogP contribution is -2.39. The van der Waals surface area contributed by atoms with Gasteiger partial charge in [-0.1, -0.05) is 12.1 Å². The number of aliphatic imine (C=N–C) groups is 1. The predicted octanol–water partition coefficient (Wildman–Crippen LogP) is 1.85. The van der Waals surface area contributed by atoms with Crippen LogP contribution in [0.15, 0.2) is 29.3 Å². The van der Waals surface area contributed by atoms with Crippen LogP contribution in [-0.4, -0.2) is 56.4 Å². The molecule has 0 unspecified atom stereocenters. The first-order valence-corrected chi connectivity index (χ1v) is 11.0. The quantitative estimate of drug-likeness (QED) is 0.192. The van der Waals surface area contributed by atoms with Gasteiger partial charge in [0.25, 0.3) is 0 Å². The maximum absolute atomic E-state index is 11.4. The fraction of sp³-hybridized carbons (Fsp3) is 0.556. The van der Waals surface area contributed by atoms with Crippen LogP contribution in [0.2, 0.25) is 0 Å². The van der Waals surface area contributed by atoms with Crippen LogP contribution in [0, 0.1) is 6.92 Å². The fourth-order valence-electron chi connectivity index (χ4n) is 2.77. The van der Waals surface area contributed by atoms with Crippen molar-refractivity contribution in [1.29, 1.82) is 0 Å². The fourth-order valence-corrected chi connectivity index (χ4v) is 3.43. The van der Waals surface area contributed by atoms with Gasteiger partial charge >= 0.3 is 0 Å². The molecule has 0 saturated heterocycles. The zero-order chi connectivity index (χ0) is 19.7. The van der Waals surface area contributed by atoms with Crippen LogP contribution in [0.4, 0.5) is 0 Å². The molecule has 3 N–H and O–H groups in total. The van der Waals surface area contributed by atoms with Crippen molar-refractivity contribution in [3.8, 4) is 0 Å². The van der Waals surface area contributed by atoms with Gasteiger partial charge in [-0.15, -0.1) is 24.0 Å². The van der Waals surface area contributed by atoms with Gasteiger partial charge < -0.3 is 15.2 Å². The average molecular weight is 522 g/mol. The van der Waals surface area contributed by atoms with Crippen LogP contribution < -0.4 is 15.4 Å². The Balaban J connectivity index is 0.00000392. The number of fused-ring (bicyclic) bond motifs is 1. The van der Waals surface area contributed by atoms with E-state index < -0.39 is 10.0 Å². The third-order valence-electron chi connectivity index (χ3n) is 4.27. The molecule has 0 atom stereocenters. The Morgan fingerprint density at radius 3 is 2.50 bits per heavy atom. The summed E-state index contributed by atoms with van der Waals surface area (Å²) in [7, 11) is -1.39. The molecule has 0 aliphatic rings. The number of halogens is 1. The molecule has 1 aromatic carbocycles. The minimum Gasteiger partial charge on any atom is -0.356 e. The van der Waals surface area contributed by atoms with Crippen molar-refractivity contribution in [2.75, 3.05) is 32.4 Å². The monoisotopic (exact) mass is 522 g/mol. The van der Waals surface area contributed by atoms with Crippen molar-refractivity contribution in [2.24, 2.45) is 4.99 Å². The van der Waals surface area contributed by atoms with E-state index in [4.69, 9.17) is 0 Å². The molecular weight excluding hydrogens is 491 g/mol. The molecule has 0 saturated carbocycles. The summed E-state index contributed by atoms with van der Waals surface area (Å²) in [6.45, 7) is 6.40. The largest absolute Gasteiger partial charge is 0.356 e. The molecule has 1 heterocycles. The van der Waals surface area contributed by atoms with Gasteiger partial charge in [-0.3, -0.25) is 4.99 Å². The molecule has 0 bridgehead atoms. The second-order valence-corrected chi connectivity index (χ2v) is 8.33. The number of sulfonamides is 1. The second-order valence-electron chi connectivity index (χ2n) is 6.23. The van der Waals surface area contributed by atoms with Crippen LogP contribution in [0.25, 0.3) is 11.0 Å². The first-order chi connectivity index (χ1) is 13.0. The minimum atomic E-state index is -3.12. The summed E-state index contributed by atoms with van der Waals surface area (Å²) >= 11 is 0. The van der Waals surface area contributed by atoms with Crippen molar-refractivity contribution < 1.29 is 8.42 Å². The van der Waals surface area contributed by atoms with Crippen LogP contribution in [-0.2, 0) is 16.6 Å². The number of hydrogen-bond donors (Lipinski definition) is 3. The number of hydrogen-bond acceptors (Lipinski definition) is 4. The number of aryl methyl sites for hydroxylation is 2. The van der Waals surface area contributed by atoms with E-state index in [0.29, 0.717) is 19.5 Å². The Hall–Kier alpha value is -1.40. The van der Waals surface area contributed by atoms with Gasteiger partial charge in [0.05, 0.1) is 16.8 Å². The normalized spacial score (nSPS) is 12.0. The number of para-hydroxylation sites is 2. The zero-order valence-corrected chi connectivity index (χ0v) is 19.9. The van der Waals surface area contributed by atoms with Crippen molar-refractivity contribution in [2.45, 2.75) is 33.2 Å². The highest BCUT2D eigenvalue weighted by molar-refractivity contribution is 14.0. The van der Waals surface area contributed by atoms with E-state index in [0.717, 1.165) is 42.3 Å². The molecule has 10 heteroatoms. The maximum atomic E-state index is 11.4. The number of guanidine groups is 1. The summed E-state index contributed by atoms with van der Waals surface area (Å²) in [5.41, 5.74) is 2.19. The highest BCUT2D eigenvalue weighted by atomic mass is 127. The minimum absolute atomic E-state index is 0. The summed E-state index contributed by atoms with van der Waals surface area (Å²) in [6, 6.07) is 8.16. The van der Waals surface area contributed by atoms with E-state index in [2.05, 4.69) is 36.0 Å². The second kappa shape index (κ2) is 12.2. The molecule has 0 fully saturated rings. The van der Waals surface area contributed by atoms with Gasteiger partial charge in [-0.2, -0.15) is 0 Å². The molecular formula is C18H31IN6O2S. The molecule has 2 rings (SSSR count). The van der Waals surface area contributed by atoms with E-state index in [9.17, 15) is 8.42 Å². The first-order valence-electron chi connectivity index (χ1n) is 9.30.